The second-order valence-corrected chi connectivity index (χ2v) is 4.46. The Bertz CT molecular complexity index is 667. The maximum Gasteiger partial charge on any atom is 0.136 e. The van der Waals surface area contributed by atoms with E-state index in [1.807, 2.05) is 43.6 Å². The van der Waals surface area contributed by atoms with Crippen LogP contribution in [0.15, 0.2) is 36.7 Å². The van der Waals surface area contributed by atoms with Gasteiger partial charge in [0.1, 0.15) is 5.65 Å². The summed E-state index contributed by atoms with van der Waals surface area (Å²) in [6, 6.07) is 7.81. The summed E-state index contributed by atoms with van der Waals surface area (Å²) in [4.78, 5) is 4.35. The zero-order valence-electron chi connectivity index (χ0n) is 10.2. The molecule has 1 atom stereocenters. The molecule has 0 aromatic carbocycles. The fourth-order valence-electron chi connectivity index (χ4n) is 2.09. The van der Waals surface area contributed by atoms with Gasteiger partial charge in [-0.3, -0.25) is 5.10 Å². The number of aryl methyl sites for hydroxylation is 1. The van der Waals surface area contributed by atoms with Crippen LogP contribution < -0.4 is 5.73 Å². The van der Waals surface area contributed by atoms with Crippen molar-refractivity contribution in [2.24, 2.45) is 5.73 Å². The Morgan fingerprint density at radius 1 is 1.44 bits per heavy atom. The SMILES string of the molecule is Cc1cc(C(N)Cc2cnc3ccccn23)n[nH]1. The maximum absolute atomic E-state index is 6.17. The second-order valence-electron chi connectivity index (χ2n) is 4.46. The molecule has 0 fully saturated rings. The van der Waals surface area contributed by atoms with Crippen molar-refractivity contribution in [2.45, 2.75) is 19.4 Å². The summed E-state index contributed by atoms with van der Waals surface area (Å²) in [5, 5.41) is 7.11. The van der Waals surface area contributed by atoms with Gasteiger partial charge in [-0.25, -0.2) is 4.98 Å². The zero-order valence-corrected chi connectivity index (χ0v) is 10.2. The molecule has 0 aliphatic heterocycles. The molecule has 0 radical (unpaired) electrons. The van der Waals surface area contributed by atoms with Gasteiger partial charge in [-0.1, -0.05) is 6.07 Å². The van der Waals surface area contributed by atoms with Crippen LogP contribution in [0.2, 0.25) is 0 Å². The lowest BCUT2D eigenvalue weighted by Gasteiger charge is -2.08. The fourth-order valence-corrected chi connectivity index (χ4v) is 2.09. The van der Waals surface area contributed by atoms with E-state index >= 15 is 0 Å². The monoisotopic (exact) mass is 241 g/mol. The van der Waals surface area contributed by atoms with E-state index in [2.05, 4.69) is 19.6 Å². The fraction of sp³-hybridized carbons (Fsp3) is 0.231. The first-order chi connectivity index (χ1) is 8.74. The normalized spacial score (nSPS) is 13.0. The lowest BCUT2D eigenvalue weighted by Crippen LogP contribution is -2.14. The molecular formula is C13H15N5. The summed E-state index contributed by atoms with van der Waals surface area (Å²) in [6.07, 6.45) is 4.59. The Hall–Kier alpha value is -2.14. The van der Waals surface area contributed by atoms with Crippen molar-refractivity contribution in [3.63, 3.8) is 0 Å². The number of H-pyrrole nitrogens is 1. The van der Waals surface area contributed by atoms with Crippen molar-refractivity contribution in [2.75, 3.05) is 0 Å². The zero-order chi connectivity index (χ0) is 12.5. The quantitative estimate of drug-likeness (QED) is 0.731. The number of aromatic nitrogens is 4. The Morgan fingerprint density at radius 2 is 2.33 bits per heavy atom. The van der Waals surface area contributed by atoms with Crippen LogP contribution in [0.3, 0.4) is 0 Å². The van der Waals surface area contributed by atoms with E-state index in [-0.39, 0.29) is 6.04 Å². The van der Waals surface area contributed by atoms with Crippen molar-refractivity contribution in [3.8, 4) is 0 Å². The van der Waals surface area contributed by atoms with Gasteiger partial charge in [0, 0.05) is 30.2 Å². The van der Waals surface area contributed by atoms with Gasteiger partial charge in [-0.2, -0.15) is 5.10 Å². The van der Waals surface area contributed by atoms with Gasteiger partial charge in [-0.05, 0) is 25.1 Å². The third-order valence-electron chi connectivity index (χ3n) is 3.03. The van der Waals surface area contributed by atoms with E-state index < -0.39 is 0 Å². The van der Waals surface area contributed by atoms with E-state index in [0.29, 0.717) is 0 Å². The van der Waals surface area contributed by atoms with Gasteiger partial charge >= 0.3 is 0 Å². The molecule has 5 nitrogen and oxygen atoms in total. The molecule has 3 heterocycles. The minimum Gasteiger partial charge on any atom is -0.322 e. The second kappa shape index (κ2) is 4.27. The molecular weight excluding hydrogens is 226 g/mol. The first-order valence-electron chi connectivity index (χ1n) is 5.92. The highest BCUT2D eigenvalue weighted by Crippen LogP contribution is 2.15. The summed E-state index contributed by atoms with van der Waals surface area (Å²) in [5.74, 6) is 0. The highest BCUT2D eigenvalue weighted by Gasteiger charge is 2.12. The molecule has 0 saturated heterocycles. The number of pyridine rings is 1. The number of hydrogen-bond acceptors (Lipinski definition) is 3. The van der Waals surface area contributed by atoms with Crippen LogP contribution in [0, 0.1) is 6.92 Å². The number of nitrogens with zero attached hydrogens (tertiary/aromatic N) is 3. The number of nitrogens with one attached hydrogen (secondary N) is 1. The molecule has 3 aromatic rings. The maximum atomic E-state index is 6.17. The number of rotatable bonds is 3. The summed E-state index contributed by atoms with van der Waals surface area (Å²) < 4.78 is 2.05. The third kappa shape index (κ3) is 1.89. The van der Waals surface area contributed by atoms with Gasteiger partial charge in [0.2, 0.25) is 0 Å². The molecule has 3 N–H and O–H groups in total. The van der Waals surface area contributed by atoms with E-state index in [0.717, 1.165) is 29.1 Å². The molecule has 0 spiro atoms. The van der Waals surface area contributed by atoms with Crippen molar-refractivity contribution in [3.05, 3.63) is 53.7 Å². The molecule has 0 amide bonds. The predicted octanol–water partition coefficient (Wildman–Crippen LogP) is 1.61. The number of hydrogen-bond donors (Lipinski definition) is 2. The number of fused-ring (bicyclic) bond motifs is 1. The first-order valence-corrected chi connectivity index (χ1v) is 5.92. The van der Waals surface area contributed by atoms with Crippen LogP contribution in [0.1, 0.15) is 23.1 Å². The molecule has 5 heteroatoms. The van der Waals surface area contributed by atoms with Crippen LogP contribution in [0.25, 0.3) is 5.65 Å². The molecule has 92 valence electrons. The van der Waals surface area contributed by atoms with Gasteiger partial charge in [-0.15, -0.1) is 0 Å². The van der Waals surface area contributed by atoms with E-state index in [1.54, 1.807) is 0 Å². The summed E-state index contributed by atoms with van der Waals surface area (Å²) in [6.45, 7) is 1.97. The van der Waals surface area contributed by atoms with Gasteiger partial charge < -0.3 is 10.1 Å². The van der Waals surface area contributed by atoms with Crippen LogP contribution in [0.4, 0.5) is 0 Å². The molecule has 0 saturated carbocycles. The predicted molar refractivity (Wildman–Crippen MR) is 69.1 cm³/mol. The Balaban J connectivity index is 1.88. The Labute approximate surface area is 105 Å². The molecule has 0 bridgehead atoms. The van der Waals surface area contributed by atoms with Crippen molar-refractivity contribution >= 4 is 5.65 Å². The van der Waals surface area contributed by atoms with Crippen LogP contribution in [0.5, 0.6) is 0 Å². The minimum absolute atomic E-state index is 0.116. The Morgan fingerprint density at radius 3 is 3.11 bits per heavy atom. The molecule has 3 aromatic heterocycles. The summed E-state index contributed by atoms with van der Waals surface area (Å²) >= 11 is 0. The van der Waals surface area contributed by atoms with Crippen LogP contribution in [-0.2, 0) is 6.42 Å². The number of aromatic amines is 1. The highest BCUT2D eigenvalue weighted by molar-refractivity contribution is 5.40. The topological polar surface area (TPSA) is 72.0 Å². The summed E-state index contributed by atoms with van der Waals surface area (Å²) in [5.41, 5.74) is 10.1. The van der Waals surface area contributed by atoms with E-state index in [1.165, 1.54) is 0 Å². The van der Waals surface area contributed by atoms with E-state index in [9.17, 15) is 0 Å². The number of imidazole rings is 1. The molecule has 1 unspecified atom stereocenters. The average Bonchev–Trinajstić information content (AvgIpc) is 2.97. The average molecular weight is 241 g/mol. The molecule has 0 aliphatic rings. The summed E-state index contributed by atoms with van der Waals surface area (Å²) in [7, 11) is 0. The third-order valence-corrected chi connectivity index (χ3v) is 3.03. The lowest BCUT2D eigenvalue weighted by atomic mass is 10.1. The Kier molecular flexibility index (Phi) is 2.60. The van der Waals surface area contributed by atoms with Crippen molar-refractivity contribution < 1.29 is 0 Å². The van der Waals surface area contributed by atoms with E-state index in [4.69, 9.17) is 5.73 Å². The first kappa shape index (κ1) is 11.0. The molecule has 3 rings (SSSR count). The minimum atomic E-state index is -0.116. The smallest absolute Gasteiger partial charge is 0.136 e. The van der Waals surface area contributed by atoms with Crippen LogP contribution >= 0.6 is 0 Å². The van der Waals surface area contributed by atoms with Crippen molar-refractivity contribution in [1.82, 2.24) is 19.6 Å². The van der Waals surface area contributed by atoms with Gasteiger partial charge in [0.15, 0.2) is 0 Å². The standard InChI is InChI=1S/C13H15N5/c1-9-6-12(17-16-9)11(14)7-10-8-15-13-4-2-3-5-18(10)13/h2-6,8,11H,7,14H2,1H3,(H,16,17). The molecule has 0 aliphatic carbocycles. The van der Waals surface area contributed by atoms with Crippen molar-refractivity contribution in [1.29, 1.82) is 0 Å². The largest absolute Gasteiger partial charge is 0.322 e. The lowest BCUT2D eigenvalue weighted by molar-refractivity contribution is 0.676. The highest BCUT2D eigenvalue weighted by atomic mass is 15.1. The number of nitrogens with two attached hydrogens (primary N) is 1. The molecule has 18 heavy (non-hydrogen) atoms. The van der Waals surface area contributed by atoms with Crippen LogP contribution in [-0.4, -0.2) is 19.6 Å². The van der Waals surface area contributed by atoms with Gasteiger partial charge in [0.25, 0.3) is 0 Å². The van der Waals surface area contributed by atoms with Gasteiger partial charge in [0.05, 0.1) is 11.7 Å².